The lowest BCUT2D eigenvalue weighted by atomic mass is 9.77. The van der Waals surface area contributed by atoms with Gasteiger partial charge in [0.05, 0.1) is 20.3 Å². The van der Waals surface area contributed by atoms with Crippen LogP contribution < -0.4 is 19.7 Å². The molecule has 4 rings (SSSR count). The van der Waals surface area contributed by atoms with Crippen LogP contribution in [-0.2, 0) is 9.53 Å². The summed E-state index contributed by atoms with van der Waals surface area (Å²) in [6.07, 6.45) is 0.533. The van der Waals surface area contributed by atoms with Gasteiger partial charge in [0, 0.05) is 17.7 Å². The zero-order valence-electron chi connectivity index (χ0n) is 16.0. The normalized spacial score (nSPS) is 25.2. The summed E-state index contributed by atoms with van der Waals surface area (Å²) in [5.74, 6) is 0.419. The highest BCUT2D eigenvalue weighted by Gasteiger charge is 2.61. The van der Waals surface area contributed by atoms with Gasteiger partial charge in [-0.25, -0.2) is 0 Å². The number of hydrogen-bond donors (Lipinski definition) is 1. The first-order valence-electron chi connectivity index (χ1n) is 9.16. The quantitative estimate of drug-likeness (QED) is 0.625. The highest BCUT2D eigenvalue weighted by Crippen LogP contribution is 2.51. The lowest BCUT2D eigenvalue weighted by Gasteiger charge is -2.56. The summed E-state index contributed by atoms with van der Waals surface area (Å²) in [6, 6.07) is 14.9. The number of carbonyl (C=O) groups excluding carboxylic acids is 1. The minimum absolute atomic E-state index is 0.351. The maximum Gasteiger partial charge on any atom is 0.317 e. The van der Waals surface area contributed by atoms with Gasteiger partial charge in [0.25, 0.3) is 0 Å². The Kier molecular flexibility index (Phi) is 4.63. The van der Waals surface area contributed by atoms with Gasteiger partial charge in [-0.2, -0.15) is 0 Å². The highest BCUT2D eigenvalue weighted by molar-refractivity contribution is 7.80. The Hall–Kier alpha value is -2.80. The number of esters is 1. The molecule has 3 atom stereocenters. The first-order valence-corrected chi connectivity index (χ1v) is 9.57. The van der Waals surface area contributed by atoms with Crippen molar-refractivity contribution in [3.63, 3.8) is 0 Å². The standard InChI is InChI=1S/C21H22N2O4S/c1-4-21-17(19(24)26-3)18(15-12-14(25-2)10-11-16(15)27-21)22-20(28)23(21)13-8-6-5-7-9-13/h5-12,17-18H,4H2,1-3H3,(H,22,28)/t17-,18+,21-/m1/s1. The van der Waals surface area contributed by atoms with E-state index < -0.39 is 11.6 Å². The molecule has 0 aliphatic carbocycles. The SMILES string of the molecule is CC[C@]12Oc3ccc(OC)cc3[C@H](NC(=S)N1c1ccccc1)[C@@H]2C(=O)OC. The van der Waals surface area contributed by atoms with E-state index >= 15 is 0 Å². The fourth-order valence-electron chi connectivity index (χ4n) is 4.21. The fraction of sp³-hybridized carbons (Fsp3) is 0.333. The number of thiocarbonyl (C=S) groups is 1. The van der Waals surface area contributed by atoms with Crippen LogP contribution in [0.5, 0.6) is 11.5 Å². The van der Waals surface area contributed by atoms with Crippen LogP contribution in [0.4, 0.5) is 5.69 Å². The Labute approximate surface area is 169 Å². The third-order valence-electron chi connectivity index (χ3n) is 5.49. The number of para-hydroxylation sites is 1. The Balaban J connectivity index is 1.94. The molecule has 2 aromatic carbocycles. The van der Waals surface area contributed by atoms with Crippen molar-refractivity contribution < 1.29 is 19.0 Å². The molecule has 2 aromatic rings. The number of ether oxygens (including phenoxy) is 3. The smallest absolute Gasteiger partial charge is 0.317 e. The largest absolute Gasteiger partial charge is 0.497 e. The first kappa shape index (κ1) is 18.6. The summed E-state index contributed by atoms with van der Waals surface area (Å²) < 4.78 is 17.1. The van der Waals surface area contributed by atoms with Crippen LogP contribution in [0.2, 0.25) is 0 Å². The number of nitrogens with zero attached hydrogens (tertiary/aromatic N) is 1. The Morgan fingerprint density at radius 2 is 2.00 bits per heavy atom. The van der Waals surface area contributed by atoms with Crippen molar-refractivity contribution >= 4 is 29.0 Å². The molecule has 146 valence electrons. The molecule has 0 saturated carbocycles. The van der Waals surface area contributed by atoms with E-state index in [1.807, 2.05) is 60.4 Å². The number of nitrogens with one attached hydrogen (secondary N) is 1. The lowest BCUT2D eigenvalue weighted by Crippen LogP contribution is -2.72. The summed E-state index contributed by atoms with van der Waals surface area (Å²) >= 11 is 5.72. The van der Waals surface area contributed by atoms with Crippen molar-refractivity contribution in [3.05, 3.63) is 54.1 Å². The van der Waals surface area contributed by atoms with Crippen LogP contribution in [0.25, 0.3) is 0 Å². The van der Waals surface area contributed by atoms with E-state index in [1.54, 1.807) is 7.11 Å². The van der Waals surface area contributed by atoms with E-state index in [9.17, 15) is 4.79 Å². The lowest BCUT2D eigenvalue weighted by molar-refractivity contribution is -0.158. The second-order valence-electron chi connectivity index (χ2n) is 6.80. The van der Waals surface area contributed by atoms with Crippen molar-refractivity contribution in [1.29, 1.82) is 0 Å². The second-order valence-corrected chi connectivity index (χ2v) is 7.19. The third-order valence-corrected chi connectivity index (χ3v) is 5.80. The van der Waals surface area contributed by atoms with Crippen molar-refractivity contribution in [2.45, 2.75) is 25.1 Å². The van der Waals surface area contributed by atoms with E-state index in [-0.39, 0.29) is 12.0 Å². The molecule has 0 spiro atoms. The Morgan fingerprint density at radius 1 is 1.25 bits per heavy atom. The van der Waals surface area contributed by atoms with Crippen LogP contribution in [0.3, 0.4) is 0 Å². The molecule has 1 fully saturated rings. The van der Waals surface area contributed by atoms with Gasteiger partial charge < -0.3 is 19.5 Å². The molecule has 1 saturated heterocycles. The van der Waals surface area contributed by atoms with E-state index in [2.05, 4.69) is 5.32 Å². The number of fused-ring (bicyclic) bond motifs is 4. The Morgan fingerprint density at radius 3 is 2.64 bits per heavy atom. The summed E-state index contributed by atoms with van der Waals surface area (Å²) in [5.41, 5.74) is 0.684. The minimum atomic E-state index is -0.997. The monoisotopic (exact) mass is 398 g/mol. The predicted octanol–water partition coefficient (Wildman–Crippen LogP) is 3.42. The molecular formula is C21H22N2O4S. The molecule has 0 amide bonds. The van der Waals surface area contributed by atoms with Gasteiger partial charge in [-0.3, -0.25) is 9.69 Å². The number of rotatable bonds is 4. The zero-order chi connectivity index (χ0) is 19.9. The predicted molar refractivity (Wildman–Crippen MR) is 110 cm³/mol. The van der Waals surface area contributed by atoms with Crippen LogP contribution in [0.15, 0.2) is 48.5 Å². The zero-order valence-corrected chi connectivity index (χ0v) is 16.8. The molecule has 7 heteroatoms. The topological polar surface area (TPSA) is 60.0 Å². The number of carbonyl (C=O) groups is 1. The van der Waals surface area contributed by atoms with E-state index in [1.165, 1.54) is 7.11 Å². The Bertz CT molecular complexity index is 920. The molecule has 0 aromatic heterocycles. The van der Waals surface area contributed by atoms with Crippen molar-refractivity contribution in [2.75, 3.05) is 19.1 Å². The summed E-state index contributed by atoms with van der Waals surface area (Å²) in [5, 5.41) is 3.86. The van der Waals surface area contributed by atoms with Gasteiger partial charge in [-0.05, 0) is 42.5 Å². The second kappa shape index (κ2) is 6.98. The molecule has 2 heterocycles. The van der Waals surface area contributed by atoms with E-state index in [0.29, 0.717) is 23.0 Å². The first-order chi connectivity index (χ1) is 13.6. The molecule has 1 N–H and O–H groups in total. The maximum absolute atomic E-state index is 12.9. The molecular weight excluding hydrogens is 376 g/mol. The van der Waals surface area contributed by atoms with Gasteiger partial charge >= 0.3 is 5.97 Å². The van der Waals surface area contributed by atoms with Crippen molar-refractivity contribution in [1.82, 2.24) is 5.32 Å². The average molecular weight is 398 g/mol. The van der Waals surface area contributed by atoms with E-state index in [0.717, 1.165) is 11.3 Å². The fourth-order valence-corrected chi connectivity index (χ4v) is 4.60. The van der Waals surface area contributed by atoms with Gasteiger partial charge in [0.2, 0.25) is 5.72 Å². The molecule has 28 heavy (non-hydrogen) atoms. The molecule has 2 bridgehead atoms. The number of anilines is 1. The number of methoxy groups -OCH3 is 2. The molecule has 0 radical (unpaired) electrons. The molecule has 2 aliphatic rings. The average Bonchev–Trinajstić information content (AvgIpc) is 2.73. The maximum atomic E-state index is 12.9. The van der Waals surface area contributed by atoms with Crippen LogP contribution in [0.1, 0.15) is 24.9 Å². The van der Waals surface area contributed by atoms with Gasteiger partial charge in [-0.15, -0.1) is 0 Å². The number of hydrogen-bond acceptors (Lipinski definition) is 5. The van der Waals surface area contributed by atoms with Crippen LogP contribution in [0, 0.1) is 5.92 Å². The van der Waals surface area contributed by atoms with Crippen molar-refractivity contribution in [2.24, 2.45) is 5.92 Å². The van der Waals surface area contributed by atoms with Crippen LogP contribution in [-0.4, -0.2) is 31.0 Å². The minimum Gasteiger partial charge on any atom is -0.497 e. The molecule has 6 nitrogen and oxygen atoms in total. The number of benzene rings is 2. The summed E-state index contributed by atoms with van der Waals surface area (Å²) in [7, 11) is 3.00. The van der Waals surface area contributed by atoms with Gasteiger partial charge in [0.15, 0.2) is 5.11 Å². The van der Waals surface area contributed by atoms with Gasteiger partial charge in [0.1, 0.15) is 17.4 Å². The van der Waals surface area contributed by atoms with Gasteiger partial charge in [-0.1, -0.05) is 25.1 Å². The molecule has 2 aliphatic heterocycles. The molecule has 0 unspecified atom stereocenters. The van der Waals surface area contributed by atoms with Crippen molar-refractivity contribution in [3.8, 4) is 11.5 Å². The summed E-state index contributed by atoms with van der Waals surface area (Å²) in [4.78, 5) is 14.8. The third kappa shape index (κ3) is 2.61. The van der Waals surface area contributed by atoms with E-state index in [4.69, 9.17) is 26.4 Å². The summed E-state index contributed by atoms with van der Waals surface area (Å²) in [6.45, 7) is 1.99. The highest BCUT2D eigenvalue weighted by atomic mass is 32.1. The van der Waals surface area contributed by atoms with Crippen LogP contribution >= 0.6 is 12.2 Å².